The van der Waals surface area contributed by atoms with Gasteiger partial charge in [0, 0.05) is 38.3 Å². The summed E-state index contributed by atoms with van der Waals surface area (Å²) in [5.41, 5.74) is 0.291. The van der Waals surface area contributed by atoms with E-state index in [1.54, 1.807) is 0 Å². The monoisotopic (exact) mass is 283 g/mol. The van der Waals surface area contributed by atoms with Gasteiger partial charge < -0.3 is 10.1 Å². The van der Waals surface area contributed by atoms with Crippen molar-refractivity contribution in [3.8, 4) is 0 Å². The first-order chi connectivity index (χ1) is 9.51. The maximum atomic E-state index is 6.19. The van der Waals surface area contributed by atoms with Gasteiger partial charge in [-0.15, -0.1) is 0 Å². The Hall–Kier alpha value is -0.160. The third kappa shape index (κ3) is 4.42. The van der Waals surface area contributed by atoms with E-state index in [-0.39, 0.29) is 0 Å². The predicted octanol–water partition coefficient (Wildman–Crippen LogP) is 1.56. The zero-order valence-electron chi connectivity index (χ0n) is 13.8. The van der Waals surface area contributed by atoms with Crippen molar-refractivity contribution in [1.29, 1.82) is 0 Å². The van der Waals surface area contributed by atoms with Crippen molar-refractivity contribution in [3.63, 3.8) is 0 Å². The number of hydrogen-bond acceptors (Lipinski definition) is 4. The summed E-state index contributed by atoms with van der Waals surface area (Å²) in [5, 5.41) is 3.47. The minimum absolute atomic E-state index is 0.291. The normalized spacial score (nSPS) is 31.8. The summed E-state index contributed by atoms with van der Waals surface area (Å²) in [5.74, 6) is 0. The quantitative estimate of drug-likeness (QED) is 0.749. The molecular formula is C16H33N3O. The predicted molar refractivity (Wildman–Crippen MR) is 84.2 cm³/mol. The lowest BCUT2D eigenvalue weighted by molar-refractivity contribution is -0.0117. The number of nitrogens with zero attached hydrogens (tertiary/aromatic N) is 2. The van der Waals surface area contributed by atoms with Crippen LogP contribution < -0.4 is 5.32 Å². The topological polar surface area (TPSA) is 27.7 Å². The van der Waals surface area contributed by atoms with Crippen LogP contribution in [0.3, 0.4) is 0 Å². The molecule has 118 valence electrons. The molecule has 2 rings (SSSR count). The van der Waals surface area contributed by atoms with Crippen LogP contribution >= 0.6 is 0 Å². The summed E-state index contributed by atoms with van der Waals surface area (Å²) in [6, 6.07) is 0. The first-order valence-corrected chi connectivity index (χ1v) is 8.31. The Labute approximate surface area is 124 Å². The Bertz CT molecular complexity index is 295. The molecule has 2 aliphatic rings. The molecule has 2 saturated heterocycles. The molecule has 0 aliphatic carbocycles. The van der Waals surface area contributed by atoms with Gasteiger partial charge in [-0.25, -0.2) is 0 Å². The lowest BCUT2D eigenvalue weighted by Gasteiger charge is -2.45. The maximum Gasteiger partial charge on any atom is 0.0707 e. The molecule has 4 heteroatoms. The van der Waals surface area contributed by atoms with Crippen LogP contribution in [0.5, 0.6) is 0 Å². The number of ether oxygens (including phenoxy) is 1. The van der Waals surface area contributed by atoms with Crippen LogP contribution in [0.2, 0.25) is 0 Å². The van der Waals surface area contributed by atoms with E-state index in [4.69, 9.17) is 4.74 Å². The Balaban J connectivity index is 1.70. The molecule has 20 heavy (non-hydrogen) atoms. The van der Waals surface area contributed by atoms with Gasteiger partial charge in [0.15, 0.2) is 0 Å². The highest BCUT2D eigenvalue weighted by Crippen LogP contribution is 2.23. The molecule has 0 bridgehead atoms. The third-order valence-corrected chi connectivity index (χ3v) is 4.85. The van der Waals surface area contributed by atoms with E-state index in [2.05, 4.69) is 42.9 Å². The van der Waals surface area contributed by atoms with E-state index in [0.29, 0.717) is 17.7 Å². The highest BCUT2D eigenvalue weighted by Gasteiger charge is 2.33. The van der Waals surface area contributed by atoms with Gasteiger partial charge in [0.2, 0.25) is 0 Å². The molecule has 4 nitrogen and oxygen atoms in total. The molecule has 0 saturated carbocycles. The fraction of sp³-hybridized carbons (Fsp3) is 1.00. The van der Waals surface area contributed by atoms with E-state index in [1.165, 1.54) is 32.4 Å². The average molecular weight is 283 g/mol. The number of rotatable bonds is 6. The highest BCUT2D eigenvalue weighted by molar-refractivity contribution is 4.89. The van der Waals surface area contributed by atoms with Crippen molar-refractivity contribution in [2.24, 2.45) is 0 Å². The second kappa shape index (κ2) is 7.21. The molecule has 2 heterocycles. The SMILES string of the molecule is CCCNCC1CCC(CN2CCN(C)C(C)(C)C2)O1. The van der Waals surface area contributed by atoms with Gasteiger partial charge in [-0.05, 0) is 46.7 Å². The molecule has 0 amide bonds. The Morgan fingerprint density at radius 2 is 1.95 bits per heavy atom. The number of piperazine rings is 1. The van der Waals surface area contributed by atoms with Crippen molar-refractivity contribution < 1.29 is 4.74 Å². The number of likely N-dealkylation sites (N-methyl/N-ethyl adjacent to an activating group) is 1. The van der Waals surface area contributed by atoms with Crippen LogP contribution in [-0.2, 0) is 4.74 Å². The Morgan fingerprint density at radius 3 is 2.65 bits per heavy atom. The van der Waals surface area contributed by atoms with Crippen molar-refractivity contribution in [2.75, 3.05) is 46.3 Å². The van der Waals surface area contributed by atoms with Gasteiger partial charge >= 0.3 is 0 Å². The minimum Gasteiger partial charge on any atom is -0.372 e. The summed E-state index contributed by atoms with van der Waals surface area (Å²) in [7, 11) is 2.23. The summed E-state index contributed by atoms with van der Waals surface area (Å²) in [4.78, 5) is 5.06. The summed E-state index contributed by atoms with van der Waals surface area (Å²) < 4.78 is 6.19. The molecule has 0 aromatic rings. The molecule has 2 aliphatic heterocycles. The molecular weight excluding hydrogens is 250 g/mol. The molecule has 0 aromatic carbocycles. The van der Waals surface area contributed by atoms with E-state index in [9.17, 15) is 0 Å². The standard InChI is InChI=1S/C16H33N3O/c1-5-8-17-11-14-6-7-15(20-14)12-19-10-9-18(4)16(2,3)13-19/h14-15,17H,5-13H2,1-4H3. The fourth-order valence-corrected chi connectivity index (χ4v) is 3.29. The third-order valence-electron chi connectivity index (χ3n) is 4.85. The lowest BCUT2D eigenvalue weighted by atomic mass is 9.99. The van der Waals surface area contributed by atoms with Crippen molar-refractivity contribution >= 4 is 0 Å². The lowest BCUT2D eigenvalue weighted by Crippen LogP contribution is -2.58. The van der Waals surface area contributed by atoms with Crippen LogP contribution in [0.4, 0.5) is 0 Å². The first-order valence-electron chi connectivity index (χ1n) is 8.31. The second-order valence-corrected chi connectivity index (χ2v) is 7.13. The van der Waals surface area contributed by atoms with Gasteiger partial charge in [0.25, 0.3) is 0 Å². The zero-order chi connectivity index (χ0) is 14.6. The smallest absolute Gasteiger partial charge is 0.0707 e. The van der Waals surface area contributed by atoms with E-state index in [0.717, 1.165) is 26.2 Å². The molecule has 0 radical (unpaired) electrons. The zero-order valence-corrected chi connectivity index (χ0v) is 13.8. The van der Waals surface area contributed by atoms with Crippen LogP contribution in [-0.4, -0.2) is 73.9 Å². The van der Waals surface area contributed by atoms with Crippen LogP contribution in [0.15, 0.2) is 0 Å². The molecule has 2 fully saturated rings. The van der Waals surface area contributed by atoms with Crippen LogP contribution in [0.1, 0.15) is 40.0 Å². The molecule has 1 N–H and O–H groups in total. The Morgan fingerprint density at radius 1 is 1.20 bits per heavy atom. The van der Waals surface area contributed by atoms with Gasteiger partial charge in [-0.1, -0.05) is 6.92 Å². The van der Waals surface area contributed by atoms with Gasteiger partial charge in [-0.3, -0.25) is 9.80 Å². The van der Waals surface area contributed by atoms with Crippen LogP contribution in [0, 0.1) is 0 Å². The molecule has 2 atom stereocenters. The maximum absolute atomic E-state index is 6.19. The number of hydrogen-bond donors (Lipinski definition) is 1. The first kappa shape index (κ1) is 16.2. The largest absolute Gasteiger partial charge is 0.372 e. The van der Waals surface area contributed by atoms with Gasteiger partial charge in [-0.2, -0.15) is 0 Å². The van der Waals surface area contributed by atoms with Crippen LogP contribution in [0.25, 0.3) is 0 Å². The van der Waals surface area contributed by atoms with Crippen molar-refractivity contribution in [3.05, 3.63) is 0 Å². The van der Waals surface area contributed by atoms with Gasteiger partial charge in [0.1, 0.15) is 0 Å². The van der Waals surface area contributed by atoms with Gasteiger partial charge in [0.05, 0.1) is 12.2 Å². The van der Waals surface area contributed by atoms with E-state index in [1.807, 2.05) is 0 Å². The summed E-state index contributed by atoms with van der Waals surface area (Å²) >= 11 is 0. The minimum atomic E-state index is 0.291. The molecule has 0 aromatic heterocycles. The van der Waals surface area contributed by atoms with Crippen molar-refractivity contribution in [2.45, 2.75) is 57.8 Å². The van der Waals surface area contributed by atoms with E-state index < -0.39 is 0 Å². The Kier molecular flexibility index (Phi) is 5.84. The molecule has 2 unspecified atom stereocenters. The van der Waals surface area contributed by atoms with Crippen molar-refractivity contribution in [1.82, 2.24) is 15.1 Å². The molecule has 0 spiro atoms. The summed E-state index contributed by atoms with van der Waals surface area (Å²) in [6.07, 6.45) is 4.53. The summed E-state index contributed by atoms with van der Waals surface area (Å²) in [6.45, 7) is 13.6. The highest BCUT2D eigenvalue weighted by atomic mass is 16.5. The second-order valence-electron chi connectivity index (χ2n) is 7.13. The van der Waals surface area contributed by atoms with E-state index >= 15 is 0 Å². The fourth-order valence-electron chi connectivity index (χ4n) is 3.29. The number of nitrogens with one attached hydrogen (secondary N) is 1. The average Bonchev–Trinajstić information content (AvgIpc) is 2.82.